The van der Waals surface area contributed by atoms with Crippen LogP contribution in [0.3, 0.4) is 0 Å². The first-order chi connectivity index (χ1) is 12.2. The fourth-order valence-electron chi connectivity index (χ4n) is 6.34. The SMILES string of the molecule is CC(=O)O.C[C@]12CC[C@H]3[C@@H](CC=C4C[C@@H](O)CC[C@@]43C=O)[C@@H]1CCC2=O. The smallest absolute Gasteiger partial charge is 0.300 e. The molecule has 0 saturated heterocycles. The lowest BCUT2D eigenvalue weighted by atomic mass is 9.48. The molecule has 6 atom stereocenters. The van der Waals surface area contributed by atoms with Gasteiger partial charge in [0.2, 0.25) is 0 Å². The van der Waals surface area contributed by atoms with Crippen molar-refractivity contribution in [2.45, 2.75) is 71.3 Å². The normalized spacial score (nSPS) is 43.8. The standard InChI is InChI=1S/C19H26O3.C2H4O2/c1-18-8-7-16-14(15(18)4-5-17(18)22)3-2-12-10-13(21)6-9-19(12,16)11-20;1-2(3)4/h2,11,13-16,21H,3-10H2,1H3;1H3,(H,3,4)/t13-,14-,15-,16-,18-,19+;/m0./s1. The number of rotatable bonds is 1. The van der Waals surface area contributed by atoms with E-state index in [1.165, 1.54) is 11.9 Å². The third-order valence-corrected chi connectivity index (χ3v) is 7.60. The van der Waals surface area contributed by atoms with Crippen molar-refractivity contribution in [3.05, 3.63) is 11.6 Å². The second-order valence-electron chi connectivity index (χ2n) is 8.83. The maximum Gasteiger partial charge on any atom is 0.300 e. The van der Waals surface area contributed by atoms with Crippen LogP contribution < -0.4 is 0 Å². The monoisotopic (exact) mass is 362 g/mol. The predicted molar refractivity (Wildman–Crippen MR) is 96.4 cm³/mol. The number of carboxylic acids is 1. The number of allylic oxidation sites excluding steroid dienone is 1. The fraction of sp³-hybridized carbons (Fsp3) is 0.762. The molecule has 0 heterocycles. The molecule has 0 amide bonds. The Bertz CT molecular complexity index is 634. The molecule has 0 radical (unpaired) electrons. The molecule has 2 N–H and O–H groups in total. The molecule has 0 spiro atoms. The number of Topliss-reactive ketones (excluding diaryl/α,β-unsaturated/α-hetero) is 1. The van der Waals surface area contributed by atoms with Crippen molar-refractivity contribution in [1.82, 2.24) is 0 Å². The van der Waals surface area contributed by atoms with E-state index < -0.39 is 5.97 Å². The van der Waals surface area contributed by atoms with Crippen LogP contribution in [-0.2, 0) is 14.4 Å². The largest absolute Gasteiger partial charge is 0.481 e. The van der Waals surface area contributed by atoms with Crippen molar-refractivity contribution < 1.29 is 24.6 Å². The molecule has 0 unspecified atom stereocenters. The van der Waals surface area contributed by atoms with E-state index in [2.05, 4.69) is 13.0 Å². The van der Waals surface area contributed by atoms with E-state index in [0.717, 1.165) is 51.9 Å². The molecular weight excluding hydrogens is 332 g/mol. The van der Waals surface area contributed by atoms with Crippen LogP contribution in [0.15, 0.2) is 11.6 Å². The topological polar surface area (TPSA) is 91.7 Å². The van der Waals surface area contributed by atoms with E-state index >= 15 is 0 Å². The van der Waals surface area contributed by atoms with Gasteiger partial charge in [0.05, 0.1) is 11.5 Å². The Kier molecular flexibility index (Phi) is 5.13. The van der Waals surface area contributed by atoms with Crippen LogP contribution in [-0.4, -0.2) is 34.4 Å². The number of carboxylic acid groups (broad SMARTS) is 1. The number of carbonyl (C=O) groups excluding carboxylic acids is 2. The van der Waals surface area contributed by atoms with Crippen molar-refractivity contribution in [2.75, 3.05) is 0 Å². The number of aliphatic hydroxyl groups is 1. The molecule has 3 fully saturated rings. The van der Waals surface area contributed by atoms with Crippen molar-refractivity contribution in [3.8, 4) is 0 Å². The second kappa shape index (κ2) is 6.91. The van der Waals surface area contributed by atoms with E-state index in [4.69, 9.17) is 9.90 Å². The summed E-state index contributed by atoms with van der Waals surface area (Å²) in [6.45, 7) is 3.25. The van der Waals surface area contributed by atoms with Gasteiger partial charge in [-0.25, -0.2) is 0 Å². The first kappa shape index (κ1) is 19.3. The van der Waals surface area contributed by atoms with Crippen LogP contribution in [0, 0.1) is 28.6 Å². The summed E-state index contributed by atoms with van der Waals surface area (Å²) in [6.07, 6.45) is 10.0. The molecule has 144 valence electrons. The third kappa shape index (κ3) is 2.94. The van der Waals surface area contributed by atoms with Crippen LogP contribution in [0.25, 0.3) is 0 Å². The molecule has 4 aliphatic rings. The summed E-state index contributed by atoms with van der Waals surface area (Å²) >= 11 is 0. The van der Waals surface area contributed by atoms with Crippen molar-refractivity contribution >= 4 is 18.0 Å². The third-order valence-electron chi connectivity index (χ3n) is 7.60. The molecule has 5 heteroatoms. The number of aldehydes is 1. The number of aliphatic hydroxyl groups excluding tert-OH is 1. The lowest BCUT2D eigenvalue weighted by molar-refractivity contribution is -0.135. The zero-order valence-electron chi connectivity index (χ0n) is 15.7. The van der Waals surface area contributed by atoms with E-state index in [9.17, 15) is 14.7 Å². The van der Waals surface area contributed by atoms with Gasteiger partial charge in [-0.15, -0.1) is 0 Å². The Morgan fingerprint density at radius 1 is 1.23 bits per heavy atom. The van der Waals surface area contributed by atoms with Gasteiger partial charge in [-0.3, -0.25) is 9.59 Å². The Morgan fingerprint density at radius 3 is 2.58 bits per heavy atom. The number of carbonyl (C=O) groups is 3. The van der Waals surface area contributed by atoms with Gasteiger partial charge < -0.3 is 15.0 Å². The Morgan fingerprint density at radius 2 is 1.92 bits per heavy atom. The summed E-state index contributed by atoms with van der Waals surface area (Å²) in [5.41, 5.74) is 0.718. The predicted octanol–water partition coefficient (Wildman–Crippen LogP) is 3.15. The van der Waals surface area contributed by atoms with Crippen molar-refractivity contribution in [2.24, 2.45) is 28.6 Å². The molecule has 0 aromatic carbocycles. The lowest BCUT2D eigenvalue weighted by Crippen LogP contribution is -2.52. The molecule has 5 nitrogen and oxygen atoms in total. The summed E-state index contributed by atoms with van der Waals surface area (Å²) in [4.78, 5) is 33.5. The minimum Gasteiger partial charge on any atom is -0.481 e. The van der Waals surface area contributed by atoms with Gasteiger partial charge in [0.25, 0.3) is 5.97 Å². The first-order valence-electron chi connectivity index (χ1n) is 9.81. The van der Waals surface area contributed by atoms with E-state index in [0.29, 0.717) is 30.0 Å². The molecule has 4 rings (SSSR count). The highest BCUT2D eigenvalue weighted by Crippen LogP contribution is 2.63. The van der Waals surface area contributed by atoms with Gasteiger partial charge in [0.1, 0.15) is 12.1 Å². The highest BCUT2D eigenvalue weighted by molar-refractivity contribution is 5.87. The zero-order valence-corrected chi connectivity index (χ0v) is 15.7. The number of aliphatic carboxylic acids is 1. The lowest BCUT2D eigenvalue weighted by Gasteiger charge is -2.55. The van der Waals surface area contributed by atoms with Crippen LogP contribution in [0.1, 0.15) is 65.2 Å². The fourth-order valence-corrected chi connectivity index (χ4v) is 6.34. The average molecular weight is 362 g/mol. The number of hydrogen-bond donors (Lipinski definition) is 2. The van der Waals surface area contributed by atoms with Crippen LogP contribution in [0.5, 0.6) is 0 Å². The highest BCUT2D eigenvalue weighted by Gasteiger charge is 2.59. The molecule has 4 aliphatic carbocycles. The van der Waals surface area contributed by atoms with Crippen LogP contribution in [0.4, 0.5) is 0 Å². The Balaban J connectivity index is 0.000000447. The molecule has 0 bridgehead atoms. The van der Waals surface area contributed by atoms with Gasteiger partial charge >= 0.3 is 0 Å². The summed E-state index contributed by atoms with van der Waals surface area (Å²) in [5.74, 6) is 0.945. The number of hydrogen-bond acceptors (Lipinski definition) is 4. The van der Waals surface area contributed by atoms with Gasteiger partial charge in [0, 0.05) is 18.8 Å². The highest BCUT2D eigenvalue weighted by atomic mass is 16.4. The van der Waals surface area contributed by atoms with Gasteiger partial charge in [-0.05, 0) is 62.7 Å². The van der Waals surface area contributed by atoms with Gasteiger partial charge in [-0.1, -0.05) is 18.6 Å². The molecule has 0 aliphatic heterocycles. The zero-order chi connectivity index (χ0) is 19.1. The van der Waals surface area contributed by atoms with Crippen molar-refractivity contribution in [3.63, 3.8) is 0 Å². The molecule has 0 aromatic heterocycles. The van der Waals surface area contributed by atoms with Crippen LogP contribution >= 0.6 is 0 Å². The maximum atomic E-state index is 12.4. The van der Waals surface area contributed by atoms with Crippen LogP contribution in [0.2, 0.25) is 0 Å². The molecular formula is C21H30O5. The number of fused-ring (bicyclic) bond motifs is 5. The summed E-state index contributed by atoms with van der Waals surface area (Å²) in [7, 11) is 0. The Labute approximate surface area is 154 Å². The quantitative estimate of drug-likeness (QED) is 0.552. The van der Waals surface area contributed by atoms with E-state index in [1.807, 2.05) is 0 Å². The van der Waals surface area contributed by atoms with E-state index in [1.54, 1.807) is 0 Å². The maximum absolute atomic E-state index is 12.4. The summed E-state index contributed by atoms with van der Waals surface area (Å²) in [6, 6.07) is 0. The summed E-state index contributed by atoms with van der Waals surface area (Å²) in [5, 5.41) is 17.4. The second-order valence-corrected chi connectivity index (χ2v) is 8.83. The molecule has 0 aromatic rings. The molecule has 3 saturated carbocycles. The molecule has 26 heavy (non-hydrogen) atoms. The number of ketones is 1. The minimum atomic E-state index is -0.833. The van der Waals surface area contributed by atoms with Gasteiger partial charge in [-0.2, -0.15) is 0 Å². The van der Waals surface area contributed by atoms with Crippen molar-refractivity contribution in [1.29, 1.82) is 0 Å². The summed E-state index contributed by atoms with van der Waals surface area (Å²) < 4.78 is 0. The minimum absolute atomic E-state index is 0.134. The Hall–Kier alpha value is -1.49. The van der Waals surface area contributed by atoms with E-state index in [-0.39, 0.29) is 16.9 Å². The first-order valence-corrected chi connectivity index (χ1v) is 9.81. The van der Waals surface area contributed by atoms with Gasteiger partial charge in [0.15, 0.2) is 0 Å². The average Bonchev–Trinajstić information content (AvgIpc) is 2.89.